The Bertz CT molecular complexity index is 1440. The zero-order valence-electron chi connectivity index (χ0n) is 23.6. The van der Waals surface area contributed by atoms with Crippen LogP contribution in [0.2, 0.25) is 0 Å². The summed E-state index contributed by atoms with van der Waals surface area (Å²) in [6.07, 6.45) is -1.36. The molecule has 0 radical (unpaired) electrons. The first-order valence-electron chi connectivity index (χ1n) is 13.9. The van der Waals surface area contributed by atoms with E-state index >= 15 is 0 Å². The van der Waals surface area contributed by atoms with Crippen molar-refractivity contribution in [1.29, 1.82) is 0 Å². The molecule has 1 aromatic heterocycles. The third kappa shape index (κ3) is 5.87. The Kier molecular flexibility index (Phi) is 7.93. The molecule has 1 amide bonds. The molecule has 0 N–H and O–H groups in total. The molecule has 2 aliphatic rings. The van der Waals surface area contributed by atoms with E-state index in [4.69, 9.17) is 4.74 Å². The summed E-state index contributed by atoms with van der Waals surface area (Å²) in [5, 5.41) is 12.6. The Morgan fingerprint density at radius 3 is 2.56 bits per heavy atom. The Labute approximate surface area is 236 Å². The molecule has 5 rings (SSSR count). The van der Waals surface area contributed by atoms with E-state index in [1.165, 1.54) is 22.0 Å². The Hall–Kier alpha value is -3.70. The molecule has 0 fully saturated rings. The number of anilines is 2. The first-order chi connectivity index (χ1) is 19.5. The van der Waals surface area contributed by atoms with Crippen LogP contribution in [0.3, 0.4) is 0 Å². The highest BCUT2D eigenvalue weighted by Crippen LogP contribution is 2.45. The maximum Gasteiger partial charge on any atom is 0.416 e. The molecule has 220 valence electrons. The lowest BCUT2D eigenvalue weighted by Gasteiger charge is -2.33. The fourth-order valence-corrected chi connectivity index (χ4v) is 6.06. The Morgan fingerprint density at radius 1 is 1.15 bits per heavy atom. The average Bonchev–Trinajstić information content (AvgIpc) is 3.51. The van der Waals surface area contributed by atoms with Crippen LogP contribution in [-0.2, 0) is 44.0 Å². The second-order valence-corrected chi connectivity index (χ2v) is 11.0. The largest absolute Gasteiger partial charge is 0.446 e. The molecule has 1 aliphatic heterocycles. The number of carbonyl (C=O) groups excluding carboxylic acids is 1. The molecule has 2 heterocycles. The first kappa shape index (κ1) is 28.8. The van der Waals surface area contributed by atoms with Crippen LogP contribution in [0.1, 0.15) is 78.1 Å². The summed E-state index contributed by atoms with van der Waals surface area (Å²) in [6.45, 7) is 5.01. The Morgan fingerprint density at radius 2 is 1.90 bits per heavy atom. The highest BCUT2D eigenvalue weighted by molar-refractivity contribution is 5.91. The fourth-order valence-electron chi connectivity index (χ4n) is 6.06. The number of hydrogen-bond acceptors (Lipinski definition) is 6. The van der Waals surface area contributed by atoms with Crippen LogP contribution in [0, 0.1) is 6.92 Å². The van der Waals surface area contributed by atoms with E-state index in [9.17, 15) is 22.4 Å². The van der Waals surface area contributed by atoms with E-state index < -0.39 is 24.5 Å². The zero-order valence-corrected chi connectivity index (χ0v) is 23.6. The normalized spacial score (nSPS) is 16.9. The summed E-state index contributed by atoms with van der Waals surface area (Å²) in [4.78, 5) is 18.1. The van der Waals surface area contributed by atoms with Gasteiger partial charge in [-0.25, -0.2) is 9.18 Å². The SMILES string of the molecule is Cc1c2c(cc3c1N(C(=O)OC(C)C)CCCC3N(Cc1cc(CF)cc(C(F)(F)F)c1)c1nnn(C)n1)CCC2. The van der Waals surface area contributed by atoms with Gasteiger partial charge in [0.15, 0.2) is 0 Å². The summed E-state index contributed by atoms with van der Waals surface area (Å²) in [6, 6.07) is 5.05. The second kappa shape index (κ2) is 11.3. The van der Waals surface area contributed by atoms with E-state index in [-0.39, 0.29) is 35.8 Å². The van der Waals surface area contributed by atoms with Gasteiger partial charge < -0.3 is 9.64 Å². The summed E-state index contributed by atoms with van der Waals surface area (Å²) in [5.74, 6) is 0.235. The number of benzene rings is 2. The summed E-state index contributed by atoms with van der Waals surface area (Å²) >= 11 is 0. The molecular formula is C29H34F4N6O2. The molecule has 1 aliphatic carbocycles. The number of carbonyl (C=O) groups is 1. The van der Waals surface area contributed by atoms with Crippen LogP contribution in [0.4, 0.5) is 34.0 Å². The van der Waals surface area contributed by atoms with Gasteiger partial charge in [-0.05, 0) is 104 Å². The van der Waals surface area contributed by atoms with Crippen LogP contribution in [0.25, 0.3) is 0 Å². The van der Waals surface area contributed by atoms with Crippen molar-refractivity contribution in [3.8, 4) is 0 Å². The molecule has 1 unspecified atom stereocenters. The molecule has 41 heavy (non-hydrogen) atoms. The van der Waals surface area contributed by atoms with E-state index in [1.54, 1.807) is 25.8 Å². The van der Waals surface area contributed by atoms with Gasteiger partial charge in [0.05, 0.1) is 30.4 Å². The minimum absolute atomic E-state index is 0.0146. The van der Waals surface area contributed by atoms with Crippen LogP contribution >= 0.6 is 0 Å². The number of aryl methyl sites for hydroxylation is 2. The maximum absolute atomic E-state index is 13.7. The molecule has 0 spiro atoms. The number of alkyl halides is 4. The number of hydrogen-bond donors (Lipinski definition) is 0. The third-order valence-electron chi connectivity index (χ3n) is 7.73. The van der Waals surface area contributed by atoms with Gasteiger partial charge in [-0.15, -0.1) is 5.10 Å². The lowest BCUT2D eigenvalue weighted by atomic mass is 9.91. The monoisotopic (exact) mass is 574 g/mol. The van der Waals surface area contributed by atoms with Gasteiger partial charge in [0.1, 0.15) is 6.67 Å². The summed E-state index contributed by atoms with van der Waals surface area (Å²) in [5.41, 5.74) is 4.38. The lowest BCUT2D eigenvalue weighted by Crippen LogP contribution is -2.35. The van der Waals surface area contributed by atoms with Gasteiger partial charge in [-0.1, -0.05) is 17.2 Å². The first-order valence-corrected chi connectivity index (χ1v) is 13.9. The lowest BCUT2D eigenvalue weighted by molar-refractivity contribution is -0.137. The molecule has 8 nitrogen and oxygen atoms in total. The van der Waals surface area contributed by atoms with Crippen LogP contribution < -0.4 is 9.80 Å². The van der Waals surface area contributed by atoms with Gasteiger partial charge in [-0.2, -0.15) is 18.0 Å². The number of nitrogens with zero attached hydrogens (tertiary/aromatic N) is 6. The minimum atomic E-state index is -4.63. The van der Waals surface area contributed by atoms with Gasteiger partial charge in [-0.3, -0.25) is 4.90 Å². The average molecular weight is 575 g/mol. The van der Waals surface area contributed by atoms with Crippen molar-refractivity contribution in [2.45, 2.75) is 84.4 Å². The van der Waals surface area contributed by atoms with Crippen LogP contribution in [-0.4, -0.2) is 38.9 Å². The third-order valence-corrected chi connectivity index (χ3v) is 7.73. The fraction of sp³-hybridized carbons (Fsp3) is 0.517. The number of tetrazole rings is 1. The van der Waals surface area contributed by atoms with Gasteiger partial charge >= 0.3 is 12.3 Å². The highest BCUT2D eigenvalue weighted by Gasteiger charge is 2.37. The number of aromatic nitrogens is 4. The van der Waals surface area contributed by atoms with Crippen molar-refractivity contribution < 1.29 is 27.1 Å². The predicted octanol–water partition coefficient (Wildman–Crippen LogP) is 6.39. The maximum atomic E-state index is 13.7. The Balaban J connectivity index is 1.66. The number of fused-ring (bicyclic) bond motifs is 2. The predicted molar refractivity (Wildman–Crippen MR) is 145 cm³/mol. The van der Waals surface area contributed by atoms with Crippen LogP contribution in [0.5, 0.6) is 0 Å². The second-order valence-electron chi connectivity index (χ2n) is 11.0. The number of amides is 1. The topological polar surface area (TPSA) is 76.4 Å². The smallest absolute Gasteiger partial charge is 0.416 e. The van der Waals surface area contributed by atoms with Crippen molar-refractivity contribution in [2.24, 2.45) is 7.05 Å². The molecule has 1 atom stereocenters. The number of ether oxygens (including phenoxy) is 1. The summed E-state index contributed by atoms with van der Waals surface area (Å²) < 4.78 is 60.4. The van der Waals surface area contributed by atoms with Crippen molar-refractivity contribution in [2.75, 3.05) is 16.3 Å². The van der Waals surface area contributed by atoms with Crippen molar-refractivity contribution in [3.63, 3.8) is 0 Å². The molecule has 0 saturated heterocycles. The van der Waals surface area contributed by atoms with Gasteiger partial charge in [0, 0.05) is 13.1 Å². The van der Waals surface area contributed by atoms with E-state index in [2.05, 4.69) is 21.5 Å². The number of rotatable bonds is 6. The molecule has 0 bridgehead atoms. The highest BCUT2D eigenvalue weighted by atomic mass is 19.4. The summed E-state index contributed by atoms with van der Waals surface area (Å²) in [7, 11) is 1.61. The number of halogens is 4. The van der Waals surface area contributed by atoms with Gasteiger partial charge in [0.25, 0.3) is 5.95 Å². The van der Waals surface area contributed by atoms with Gasteiger partial charge in [0.2, 0.25) is 0 Å². The zero-order chi connectivity index (χ0) is 29.5. The quantitative estimate of drug-likeness (QED) is 0.318. The molecule has 2 aromatic carbocycles. The molecule has 12 heteroatoms. The molecule has 3 aromatic rings. The van der Waals surface area contributed by atoms with Crippen LogP contribution in [0.15, 0.2) is 24.3 Å². The van der Waals surface area contributed by atoms with E-state index in [1.807, 2.05) is 11.8 Å². The minimum Gasteiger partial charge on any atom is -0.446 e. The standard InChI is InChI=1S/C29H34F4N6O2/c1-17(2)41-28(40)38-10-6-9-25(24-14-21-7-5-8-23(21)18(3)26(24)38)39(27-34-36-37(4)35-27)16-20-11-19(15-30)12-22(13-20)29(31,32)33/h11-14,17,25H,5-10,15-16H2,1-4H3. The van der Waals surface area contributed by atoms with Crippen molar-refractivity contribution >= 4 is 17.7 Å². The molecular weight excluding hydrogens is 540 g/mol. The van der Waals surface area contributed by atoms with Crippen molar-refractivity contribution in [1.82, 2.24) is 20.2 Å². The molecule has 0 saturated carbocycles. The van der Waals surface area contributed by atoms with Crippen molar-refractivity contribution in [3.05, 3.63) is 63.2 Å². The van der Waals surface area contributed by atoms with E-state index in [0.29, 0.717) is 19.4 Å². The van der Waals surface area contributed by atoms with E-state index in [0.717, 1.165) is 48.2 Å².